The maximum atomic E-state index is 12.6. The topological polar surface area (TPSA) is 79.5 Å². The van der Waals surface area contributed by atoms with Crippen molar-refractivity contribution in [3.63, 3.8) is 0 Å². The fourth-order valence-electron chi connectivity index (χ4n) is 4.90. The van der Waals surface area contributed by atoms with Crippen LogP contribution in [0.5, 0.6) is 0 Å². The molecular weight excluding hydrogens is 354 g/mol. The zero-order chi connectivity index (χ0) is 19.7. The van der Waals surface area contributed by atoms with Crippen LogP contribution in [0.3, 0.4) is 0 Å². The van der Waals surface area contributed by atoms with Gasteiger partial charge in [-0.25, -0.2) is 0 Å². The maximum Gasteiger partial charge on any atom is 0.226 e. The number of hydrogen-bond donors (Lipinski definition) is 1. The summed E-state index contributed by atoms with van der Waals surface area (Å²) in [6.07, 6.45) is 5.56. The summed E-state index contributed by atoms with van der Waals surface area (Å²) in [4.78, 5) is 19.0. The van der Waals surface area contributed by atoms with E-state index in [9.17, 15) is 9.90 Å². The zero-order valence-corrected chi connectivity index (χ0v) is 16.7. The van der Waals surface area contributed by atoms with Crippen LogP contribution in [0.2, 0.25) is 0 Å². The van der Waals surface area contributed by atoms with E-state index in [1.807, 2.05) is 43.1 Å². The first-order valence-corrected chi connectivity index (χ1v) is 10.3. The van der Waals surface area contributed by atoms with Gasteiger partial charge in [-0.15, -0.1) is 0 Å². The molecular formula is C22H29N3O3. The van der Waals surface area contributed by atoms with E-state index in [2.05, 4.69) is 10.1 Å². The molecule has 1 N–H and O–H groups in total. The number of amides is 1. The number of aromatic nitrogens is 2. The van der Waals surface area contributed by atoms with Crippen LogP contribution in [0.25, 0.3) is 11.4 Å². The van der Waals surface area contributed by atoms with Crippen LogP contribution in [0.1, 0.15) is 50.0 Å². The van der Waals surface area contributed by atoms with E-state index in [0.29, 0.717) is 48.9 Å². The normalized spacial score (nSPS) is 26.4. The number of aliphatic hydroxyl groups is 1. The van der Waals surface area contributed by atoms with Crippen LogP contribution in [0.4, 0.5) is 0 Å². The third-order valence-corrected chi connectivity index (χ3v) is 6.43. The van der Waals surface area contributed by atoms with Crippen molar-refractivity contribution in [2.45, 2.75) is 64.0 Å². The minimum absolute atomic E-state index is 0.129. The second kappa shape index (κ2) is 8.03. The number of carbonyl (C=O) groups is 1. The first kappa shape index (κ1) is 19.1. The van der Waals surface area contributed by atoms with Crippen molar-refractivity contribution in [2.24, 2.45) is 11.8 Å². The summed E-state index contributed by atoms with van der Waals surface area (Å²) in [6, 6.07) is 8.34. The molecule has 2 unspecified atom stereocenters. The van der Waals surface area contributed by atoms with Crippen molar-refractivity contribution in [1.82, 2.24) is 15.0 Å². The van der Waals surface area contributed by atoms with Crippen molar-refractivity contribution >= 4 is 5.91 Å². The smallest absolute Gasteiger partial charge is 0.226 e. The molecule has 6 nitrogen and oxygen atoms in total. The lowest BCUT2D eigenvalue weighted by atomic mass is 10.0. The maximum absolute atomic E-state index is 12.6. The van der Waals surface area contributed by atoms with E-state index in [4.69, 9.17) is 4.52 Å². The Bertz CT molecular complexity index is 820. The Balaban J connectivity index is 1.25. The minimum Gasteiger partial charge on any atom is -0.393 e. The molecule has 6 heteroatoms. The van der Waals surface area contributed by atoms with Crippen molar-refractivity contribution in [1.29, 1.82) is 0 Å². The Morgan fingerprint density at radius 3 is 2.71 bits per heavy atom. The highest BCUT2D eigenvalue weighted by Crippen LogP contribution is 2.45. The highest BCUT2D eigenvalue weighted by molar-refractivity contribution is 5.76. The second-order valence-electron chi connectivity index (χ2n) is 8.51. The van der Waals surface area contributed by atoms with Gasteiger partial charge in [0.15, 0.2) is 0 Å². The van der Waals surface area contributed by atoms with E-state index in [1.165, 1.54) is 0 Å². The molecule has 2 aromatic rings. The molecule has 1 amide bonds. The van der Waals surface area contributed by atoms with Crippen LogP contribution < -0.4 is 0 Å². The number of benzene rings is 1. The Morgan fingerprint density at radius 2 is 2.00 bits per heavy atom. The second-order valence-corrected chi connectivity index (χ2v) is 8.51. The number of aliphatic hydroxyl groups excluding tert-OH is 1. The van der Waals surface area contributed by atoms with Crippen LogP contribution in [-0.4, -0.2) is 45.2 Å². The molecule has 0 saturated heterocycles. The van der Waals surface area contributed by atoms with Gasteiger partial charge in [-0.05, 0) is 56.9 Å². The van der Waals surface area contributed by atoms with Crippen LogP contribution in [-0.2, 0) is 11.2 Å². The Labute approximate surface area is 165 Å². The van der Waals surface area contributed by atoms with Gasteiger partial charge in [0.05, 0.1) is 6.10 Å². The van der Waals surface area contributed by atoms with E-state index < -0.39 is 0 Å². The molecule has 1 aromatic heterocycles. The number of aryl methyl sites for hydroxylation is 2. The predicted molar refractivity (Wildman–Crippen MR) is 105 cm³/mol. The molecule has 28 heavy (non-hydrogen) atoms. The number of carbonyl (C=O) groups excluding carboxylic acids is 1. The predicted octanol–water partition coefficient (Wildman–Crippen LogP) is 3.38. The number of fused-ring (bicyclic) bond motifs is 1. The molecule has 4 rings (SSSR count). The quantitative estimate of drug-likeness (QED) is 0.827. The van der Waals surface area contributed by atoms with E-state index in [1.54, 1.807) is 0 Å². The van der Waals surface area contributed by atoms with Gasteiger partial charge in [0.1, 0.15) is 0 Å². The Hall–Kier alpha value is -2.21. The minimum atomic E-state index is -0.129. The summed E-state index contributed by atoms with van der Waals surface area (Å²) in [6.45, 7) is 2.03. The molecule has 2 saturated carbocycles. The first-order chi connectivity index (χ1) is 13.5. The molecule has 1 aromatic carbocycles. The van der Waals surface area contributed by atoms with Crippen LogP contribution in [0, 0.1) is 18.8 Å². The zero-order valence-electron chi connectivity index (χ0n) is 16.7. The molecule has 1 heterocycles. The molecule has 0 aliphatic heterocycles. The number of hydrogen-bond acceptors (Lipinski definition) is 5. The lowest BCUT2D eigenvalue weighted by molar-refractivity contribution is -0.132. The highest BCUT2D eigenvalue weighted by atomic mass is 16.5. The Morgan fingerprint density at radius 1 is 1.25 bits per heavy atom. The molecule has 0 bridgehead atoms. The average molecular weight is 383 g/mol. The van der Waals surface area contributed by atoms with Crippen molar-refractivity contribution in [3.8, 4) is 11.4 Å². The van der Waals surface area contributed by atoms with Crippen molar-refractivity contribution < 1.29 is 14.4 Å². The third-order valence-electron chi connectivity index (χ3n) is 6.43. The van der Waals surface area contributed by atoms with E-state index in [0.717, 1.165) is 36.8 Å². The van der Waals surface area contributed by atoms with Gasteiger partial charge < -0.3 is 14.5 Å². The van der Waals surface area contributed by atoms with Gasteiger partial charge in [0.2, 0.25) is 17.6 Å². The summed E-state index contributed by atoms with van der Waals surface area (Å²) in [7, 11) is 1.92. The standard InChI is InChI=1S/C22H29N3O3/c1-14-5-3-6-15(9-14)22-23-20(28-24-22)7-4-8-21(27)25(2)18-10-16-12-19(26)13-17(16)11-18/h3,5-6,9,16-19,26H,4,7-8,10-13H2,1-2H3/t16-,17+,18?,19?. The van der Waals surface area contributed by atoms with Gasteiger partial charge in [-0.1, -0.05) is 28.9 Å². The lowest BCUT2D eigenvalue weighted by Gasteiger charge is -2.25. The largest absolute Gasteiger partial charge is 0.393 e. The van der Waals surface area contributed by atoms with Gasteiger partial charge in [-0.3, -0.25) is 4.79 Å². The van der Waals surface area contributed by atoms with Gasteiger partial charge in [0.25, 0.3) is 0 Å². The monoisotopic (exact) mass is 383 g/mol. The third kappa shape index (κ3) is 4.12. The summed E-state index contributed by atoms with van der Waals surface area (Å²) in [5.41, 5.74) is 2.10. The van der Waals surface area contributed by atoms with Gasteiger partial charge >= 0.3 is 0 Å². The summed E-state index contributed by atoms with van der Waals surface area (Å²) >= 11 is 0. The van der Waals surface area contributed by atoms with Crippen molar-refractivity contribution in [3.05, 3.63) is 35.7 Å². The molecule has 150 valence electrons. The molecule has 2 fully saturated rings. The van der Waals surface area contributed by atoms with Crippen LogP contribution >= 0.6 is 0 Å². The van der Waals surface area contributed by atoms with E-state index in [-0.39, 0.29) is 12.0 Å². The molecule has 2 aliphatic carbocycles. The van der Waals surface area contributed by atoms with Gasteiger partial charge in [0, 0.05) is 31.5 Å². The van der Waals surface area contributed by atoms with Crippen LogP contribution in [0.15, 0.2) is 28.8 Å². The lowest BCUT2D eigenvalue weighted by Crippen LogP contribution is -2.35. The van der Waals surface area contributed by atoms with Crippen molar-refractivity contribution in [2.75, 3.05) is 7.05 Å². The molecule has 2 aliphatic rings. The highest BCUT2D eigenvalue weighted by Gasteiger charge is 2.42. The summed E-state index contributed by atoms with van der Waals surface area (Å²) in [5.74, 6) is 2.55. The van der Waals surface area contributed by atoms with Gasteiger partial charge in [-0.2, -0.15) is 4.98 Å². The first-order valence-electron chi connectivity index (χ1n) is 10.3. The Kier molecular flexibility index (Phi) is 5.49. The SMILES string of the molecule is Cc1cccc(-c2noc(CCCC(=O)N(C)C3C[C@H]4CC(O)C[C@H]4C3)n2)c1. The molecule has 0 radical (unpaired) electrons. The summed E-state index contributed by atoms with van der Waals surface area (Å²) in [5, 5.41) is 13.8. The summed E-state index contributed by atoms with van der Waals surface area (Å²) < 4.78 is 5.35. The molecule has 0 spiro atoms. The fourth-order valence-corrected chi connectivity index (χ4v) is 4.90. The molecule has 4 atom stereocenters. The average Bonchev–Trinajstić information content (AvgIpc) is 3.35. The number of rotatable bonds is 6. The van der Waals surface area contributed by atoms with E-state index >= 15 is 0 Å². The fraction of sp³-hybridized carbons (Fsp3) is 0.591. The number of nitrogens with zero attached hydrogens (tertiary/aromatic N) is 3.